The van der Waals surface area contributed by atoms with E-state index in [-0.39, 0.29) is 0 Å². The van der Waals surface area contributed by atoms with Gasteiger partial charge in [0.2, 0.25) is 0 Å². The summed E-state index contributed by atoms with van der Waals surface area (Å²) in [5.41, 5.74) is 0.996. The van der Waals surface area contributed by atoms with Gasteiger partial charge in [0.15, 0.2) is 0 Å². The molecule has 0 amide bonds. The molecule has 2 rings (SSSR count). The molecule has 0 aliphatic heterocycles. The summed E-state index contributed by atoms with van der Waals surface area (Å²) >= 11 is 0. The molecule has 3 nitrogen and oxygen atoms in total. The number of methoxy groups -OCH3 is 1. The van der Waals surface area contributed by atoms with E-state index in [4.69, 9.17) is 4.74 Å². The predicted octanol–water partition coefficient (Wildman–Crippen LogP) is 5.86. The van der Waals surface area contributed by atoms with Crippen LogP contribution in [0, 0.1) is 13.8 Å². The highest BCUT2D eigenvalue weighted by molar-refractivity contribution is 5.21. The predicted molar refractivity (Wildman–Crippen MR) is 92.2 cm³/mol. The van der Waals surface area contributed by atoms with Crippen molar-refractivity contribution in [2.75, 3.05) is 7.11 Å². The highest BCUT2D eigenvalue weighted by Gasteiger charge is 2.31. The third-order valence-corrected chi connectivity index (χ3v) is 2.29. The van der Waals surface area contributed by atoms with Crippen molar-refractivity contribution in [3.8, 4) is 5.75 Å². The summed E-state index contributed by atoms with van der Waals surface area (Å²) in [7, 11) is 1.64. The number of alkyl halides is 3. The van der Waals surface area contributed by atoms with Gasteiger partial charge in [-0.2, -0.15) is 13.2 Å². The molecule has 0 aromatic carbocycles. The topological polar surface area (TPSA) is 35.0 Å². The molecule has 2 heterocycles. The van der Waals surface area contributed by atoms with Crippen LogP contribution < -0.4 is 4.74 Å². The van der Waals surface area contributed by atoms with Crippen LogP contribution in [0.25, 0.3) is 0 Å². The van der Waals surface area contributed by atoms with Crippen molar-refractivity contribution in [2.45, 2.75) is 47.7 Å². The smallest absolute Gasteiger partial charge is 0.433 e. The Kier molecular flexibility index (Phi) is 13.4. The molecular weight excluding hydrogens is 317 g/mol. The summed E-state index contributed by atoms with van der Waals surface area (Å²) in [5, 5.41) is 0. The van der Waals surface area contributed by atoms with Crippen LogP contribution in [0.4, 0.5) is 13.2 Å². The lowest BCUT2D eigenvalue weighted by Gasteiger charge is -2.03. The Balaban J connectivity index is 0. The fourth-order valence-electron chi connectivity index (χ4n) is 1.27. The molecule has 0 saturated heterocycles. The molecule has 2 aromatic rings. The highest BCUT2D eigenvalue weighted by atomic mass is 19.4. The molecular formula is C18H27F3N2O. The lowest BCUT2D eigenvalue weighted by molar-refractivity contribution is -0.141. The van der Waals surface area contributed by atoms with Crippen molar-refractivity contribution < 1.29 is 17.9 Å². The first-order valence-corrected chi connectivity index (χ1v) is 7.78. The fourth-order valence-corrected chi connectivity index (χ4v) is 1.27. The minimum Gasteiger partial charge on any atom is -0.495 e. The first-order chi connectivity index (χ1) is 11.3. The molecule has 0 saturated carbocycles. The van der Waals surface area contributed by atoms with Gasteiger partial charge in [-0.15, -0.1) is 0 Å². The third kappa shape index (κ3) is 10.6. The number of nitrogens with zero attached hydrogens (tertiary/aromatic N) is 2. The van der Waals surface area contributed by atoms with E-state index in [0.717, 1.165) is 22.9 Å². The average Bonchev–Trinajstić information content (AvgIpc) is 2.58. The largest absolute Gasteiger partial charge is 0.495 e. The van der Waals surface area contributed by atoms with Crippen LogP contribution in [-0.4, -0.2) is 17.1 Å². The summed E-state index contributed by atoms with van der Waals surface area (Å²) in [6.07, 6.45) is 0.353. The monoisotopic (exact) mass is 344 g/mol. The Morgan fingerprint density at radius 2 is 1.46 bits per heavy atom. The fraction of sp³-hybridized carbons (Fsp3) is 0.444. The van der Waals surface area contributed by atoms with Crippen molar-refractivity contribution in [1.82, 2.24) is 9.97 Å². The number of ether oxygens (including phenoxy) is 1. The van der Waals surface area contributed by atoms with Crippen LogP contribution in [0.15, 0.2) is 36.8 Å². The minimum absolute atomic E-state index is 0.720. The normalized spacial score (nSPS) is 9.25. The summed E-state index contributed by atoms with van der Waals surface area (Å²) in [4.78, 5) is 7.15. The summed E-state index contributed by atoms with van der Waals surface area (Å²) in [5.74, 6) is 0.815. The second-order valence-electron chi connectivity index (χ2n) is 4.12. The number of aryl methyl sites for hydroxylation is 2. The quantitative estimate of drug-likeness (QED) is 0.650. The van der Waals surface area contributed by atoms with Gasteiger partial charge < -0.3 is 4.74 Å². The third-order valence-electron chi connectivity index (χ3n) is 2.29. The number of halogens is 3. The van der Waals surface area contributed by atoms with E-state index in [0.29, 0.717) is 0 Å². The van der Waals surface area contributed by atoms with E-state index in [1.165, 1.54) is 12.3 Å². The second kappa shape index (κ2) is 13.3. The van der Waals surface area contributed by atoms with Crippen LogP contribution in [0.5, 0.6) is 5.75 Å². The van der Waals surface area contributed by atoms with Crippen LogP contribution >= 0.6 is 0 Å². The minimum atomic E-state index is -4.33. The number of hydrogen-bond acceptors (Lipinski definition) is 3. The van der Waals surface area contributed by atoms with Crippen molar-refractivity contribution >= 4 is 0 Å². The Morgan fingerprint density at radius 3 is 1.79 bits per heavy atom. The number of hydrogen-bond donors (Lipinski definition) is 0. The molecule has 24 heavy (non-hydrogen) atoms. The van der Waals surface area contributed by atoms with E-state index >= 15 is 0 Å². The molecule has 0 atom stereocenters. The number of rotatable bonds is 1. The Hall–Kier alpha value is -2.11. The summed E-state index contributed by atoms with van der Waals surface area (Å²) in [6.45, 7) is 11.7. The Morgan fingerprint density at radius 1 is 0.875 bits per heavy atom. The van der Waals surface area contributed by atoms with Crippen molar-refractivity contribution in [3.05, 3.63) is 53.6 Å². The van der Waals surface area contributed by atoms with Crippen molar-refractivity contribution in [2.24, 2.45) is 0 Å². The molecule has 0 radical (unpaired) electrons. The van der Waals surface area contributed by atoms with Crippen LogP contribution in [0.1, 0.15) is 44.5 Å². The second-order valence-corrected chi connectivity index (χ2v) is 4.12. The van der Waals surface area contributed by atoms with Gasteiger partial charge in [0.1, 0.15) is 11.4 Å². The number of aromatic nitrogens is 2. The maximum atomic E-state index is 11.9. The van der Waals surface area contributed by atoms with E-state index in [1.54, 1.807) is 26.4 Å². The summed E-state index contributed by atoms with van der Waals surface area (Å²) in [6, 6.07) is 4.29. The van der Waals surface area contributed by atoms with E-state index in [1.807, 2.05) is 40.7 Å². The molecule has 136 valence electrons. The molecule has 6 heteroatoms. The molecule has 0 unspecified atom stereocenters. The van der Waals surface area contributed by atoms with Gasteiger partial charge in [-0.3, -0.25) is 9.97 Å². The van der Waals surface area contributed by atoms with Gasteiger partial charge in [-0.25, -0.2) is 0 Å². The van der Waals surface area contributed by atoms with E-state index in [9.17, 15) is 13.2 Å². The maximum Gasteiger partial charge on any atom is 0.433 e. The molecule has 0 aliphatic carbocycles. The highest BCUT2D eigenvalue weighted by Crippen LogP contribution is 2.26. The van der Waals surface area contributed by atoms with Gasteiger partial charge in [-0.05, 0) is 37.1 Å². The first kappa shape index (κ1) is 24.1. The van der Waals surface area contributed by atoms with E-state index in [2.05, 4.69) is 9.97 Å². The SMILES string of the molecule is CC.CC.COc1cncc(C)c1.Cc1ccc(C(F)(F)F)nc1. The molecule has 0 spiro atoms. The maximum absolute atomic E-state index is 11.9. The zero-order valence-electron chi connectivity index (χ0n) is 15.4. The first-order valence-electron chi connectivity index (χ1n) is 7.78. The standard InChI is InChI=1S/C7H6F3N.C7H9NO.2C2H6/c1-5-2-3-6(11-4-5)7(8,9)10;1-6-3-7(9-2)5-8-4-6;2*1-2/h2-4H,1H3;3-5H,1-2H3;2*1-2H3. The van der Waals surface area contributed by atoms with Gasteiger partial charge >= 0.3 is 6.18 Å². The lowest BCUT2D eigenvalue weighted by atomic mass is 10.3. The van der Waals surface area contributed by atoms with Crippen LogP contribution in [0.3, 0.4) is 0 Å². The van der Waals surface area contributed by atoms with Crippen molar-refractivity contribution in [3.63, 3.8) is 0 Å². The summed E-state index contributed by atoms with van der Waals surface area (Å²) < 4.78 is 40.5. The average molecular weight is 344 g/mol. The molecule has 0 fully saturated rings. The van der Waals surface area contributed by atoms with Crippen LogP contribution in [-0.2, 0) is 6.18 Å². The molecule has 0 aliphatic rings. The van der Waals surface area contributed by atoms with Crippen LogP contribution in [0.2, 0.25) is 0 Å². The van der Waals surface area contributed by atoms with Crippen molar-refractivity contribution in [1.29, 1.82) is 0 Å². The van der Waals surface area contributed by atoms with E-state index < -0.39 is 11.9 Å². The Labute approximate surface area is 142 Å². The van der Waals surface area contributed by atoms with Gasteiger partial charge in [0.25, 0.3) is 0 Å². The Bertz CT molecular complexity index is 541. The van der Waals surface area contributed by atoms with Gasteiger partial charge in [0, 0.05) is 12.4 Å². The zero-order valence-corrected chi connectivity index (χ0v) is 15.4. The number of pyridine rings is 2. The van der Waals surface area contributed by atoms with Gasteiger partial charge in [-0.1, -0.05) is 33.8 Å². The molecule has 0 N–H and O–H groups in total. The molecule has 0 bridgehead atoms. The lowest BCUT2D eigenvalue weighted by Crippen LogP contribution is -2.07. The van der Waals surface area contributed by atoms with Gasteiger partial charge in [0.05, 0.1) is 13.3 Å². The zero-order chi connectivity index (χ0) is 19.2. The molecule has 2 aromatic heterocycles.